The molecule has 0 spiro atoms. The molecular formula is C22H26N2O3. The number of unbranched alkanes of at least 4 members (excludes halogenated alkanes) is 1. The van der Waals surface area contributed by atoms with E-state index >= 15 is 0 Å². The van der Waals surface area contributed by atoms with Gasteiger partial charge < -0.3 is 10.6 Å². The molecule has 1 aromatic carbocycles. The van der Waals surface area contributed by atoms with E-state index in [1.54, 1.807) is 18.2 Å². The first-order chi connectivity index (χ1) is 13.0. The number of fused-ring (bicyclic) bond motifs is 1. The summed E-state index contributed by atoms with van der Waals surface area (Å²) in [4.78, 5) is 38.1. The highest BCUT2D eigenvalue weighted by molar-refractivity contribution is 6.31. The molecule has 2 N–H and O–H groups in total. The molecule has 1 aromatic rings. The Kier molecular flexibility index (Phi) is 7.02. The molecule has 1 aliphatic carbocycles. The summed E-state index contributed by atoms with van der Waals surface area (Å²) in [6, 6.07) is 4.88. The second-order valence-electron chi connectivity index (χ2n) is 6.57. The van der Waals surface area contributed by atoms with Gasteiger partial charge in [-0.2, -0.15) is 0 Å². The maximum Gasteiger partial charge on any atom is 0.228 e. The van der Waals surface area contributed by atoms with Crippen molar-refractivity contribution in [2.45, 2.75) is 26.7 Å². The maximum absolute atomic E-state index is 12.9. The van der Waals surface area contributed by atoms with Crippen LogP contribution < -0.4 is 10.6 Å². The van der Waals surface area contributed by atoms with Gasteiger partial charge in [0.25, 0.3) is 0 Å². The van der Waals surface area contributed by atoms with Gasteiger partial charge in [0.2, 0.25) is 5.91 Å². The van der Waals surface area contributed by atoms with E-state index in [1.807, 2.05) is 6.92 Å². The van der Waals surface area contributed by atoms with Gasteiger partial charge in [0.1, 0.15) is 0 Å². The molecule has 142 valence electrons. The van der Waals surface area contributed by atoms with Crippen molar-refractivity contribution < 1.29 is 14.4 Å². The molecule has 27 heavy (non-hydrogen) atoms. The Hall–Kier alpha value is -2.79. The lowest BCUT2D eigenvalue weighted by Gasteiger charge is -2.21. The molecule has 1 aliphatic rings. The van der Waals surface area contributed by atoms with Gasteiger partial charge in [0.05, 0.1) is 11.3 Å². The van der Waals surface area contributed by atoms with Crippen molar-refractivity contribution in [1.82, 2.24) is 5.32 Å². The number of nitrogens with one attached hydrogen (secondary N) is 2. The molecule has 0 fully saturated rings. The zero-order chi connectivity index (χ0) is 20.0. The number of ketones is 2. The number of carbonyl (C=O) groups is 3. The van der Waals surface area contributed by atoms with Crippen LogP contribution in [0.4, 0.5) is 5.69 Å². The molecule has 0 bridgehead atoms. The Labute approximate surface area is 160 Å². The van der Waals surface area contributed by atoms with E-state index in [9.17, 15) is 14.4 Å². The number of Topliss-reactive ketones (excluding diaryl/α,β-unsaturated/α-hetero) is 2. The van der Waals surface area contributed by atoms with Crippen LogP contribution in [0.5, 0.6) is 0 Å². The smallest absolute Gasteiger partial charge is 0.228 e. The molecule has 0 radical (unpaired) electrons. The second-order valence-corrected chi connectivity index (χ2v) is 6.57. The predicted octanol–water partition coefficient (Wildman–Crippen LogP) is 3.70. The molecule has 0 saturated carbocycles. The molecule has 1 amide bonds. The molecule has 2 rings (SSSR count). The number of rotatable bonds is 9. The number of hydrogen-bond acceptors (Lipinski definition) is 4. The quantitative estimate of drug-likeness (QED) is 0.654. The third-order valence-electron chi connectivity index (χ3n) is 4.59. The van der Waals surface area contributed by atoms with Crippen LogP contribution in [0, 0.1) is 5.92 Å². The van der Waals surface area contributed by atoms with E-state index in [0.717, 1.165) is 19.4 Å². The first-order valence-corrected chi connectivity index (χ1v) is 9.19. The number of benzene rings is 1. The van der Waals surface area contributed by atoms with E-state index in [0.29, 0.717) is 12.2 Å². The molecular weight excluding hydrogens is 340 g/mol. The Morgan fingerprint density at radius 2 is 1.81 bits per heavy atom. The summed E-state index contributed by atoms with van der Waals surface area (Å²) in [7, 11) is 0. The zero-order valence-corrected chi connectivity index (χ0v) is 15.9. The molecule has 0 aromatic heterocycles. The highest BCUT2D eigenvalue weighted by Crippen LogP contribution is 2.32. The highest BCUT2D eigenvalue weighted by Gasteiger charge is 2.32. The van der Waals surface area contributed by atoms with E-state index < -0.39 is 0 Å². The van der Waals surface area contributed by atoms with Crippen LogP contribution in [-0.2, 0) is 4.79 Å². The molecule has 0 heterocycles. The summed E-state index contributed by atoms with van der Waals surface area (Å²) in [5.74, 6) is -1.10. The zero-order valence-electron chi connectivity index (χ0n) is 15.9. The van der Waals surface area contributed by atoms with Crippen molar-refractivity contribution in [3.63, 3.8) is 0 Å². The van der Waals surface area contributed by atoms with Crippen molar-refractivity contribution in [3.8, 4) is 0 Å². The van der Waals surface area contributed by atoms with Gasteiger partial charge in [-0.1, -0.05) is 57.7 Å². The van der Waals surface area contributed by atoms with Crippen molar-refractivity contribution in [2.75, 3.05) is 18.4 Å². The van der Waals surface area contributed by atoms with Gasteiger partial charge in [-0.3, -0.25) is 14.4 Å². The van der Waals surface area contributed by atoms with E-state index in [1.165, 1.54) is 12.2 Å². The first-order valence-electron chi connectivity index (χ1n) is 9.19. The maximum atomic E-state index is 12.9. The fourth-order valence-electron chi connectivity index (χ4n) is 2.99. The summed E-state index contributed by atoms with van der Waals surface area (Å²) < 4.78 is 0. The van der Waals surface area contributed by atoms with Gasteiger partial charge in [-0.05, 0) is 19.0 Å². The van der Waals surface area contributed by atoms with E-state index in [-0.39, 0.29) is 45.7 Å². The molecule has 1 unspecified atom stereocenters. The van der Waals surface area contributed by atoms with Crippen LogP contribution in [0.1, 0.15) is 47.4 Å². The van der Waals surface area contributed by atoms with Crippen LogP contribution in [0.15, 0.2) is 54.7 Å². The van der Waals surface area contributed by atoms with Crippen molar-refractivity contribution in [2.24, 2.45) is 5.92 Å². The summed E-state index contributed by atoms with van der Waals surface area (Å²) in [5, 5.41) is 6.05. The fraction of sp³-hybridized carbons (Fsp3) is 0.318. The SMILES string of the molecule is C=CC1=C(C=C)C(=O)c2c(NC(=O)C(C)CNCCCC)cccc2C1=O. The van der Waals surface area contributed by atoms with Gasteiger partial charge in [0.15, 0.2) is 11.6 Å². The number of allylic oxidation sites excluding steroid dienone is 4. The van der Waals surface area contributed by atoms with Gasteiger partial charge in [0, 0.05) is 29.2 Å². The standard InChI is InChI=1S/C22H26N2O3/c1-5-8-12-23-13-14(4)22(27)24-18-11-9-10-17-19(18)21(26)16(7-3)15(6-2)20(17)25/h6-7,9-11,14,23H,2-3,5,8,12-13H2,1,4H3,(H,24,27). The van der Waals surface area contributed by atoms with Crippen LogP contribution >= 0.6 is 0 Å². The first kappa shape index (κ1) is 20.5. The van der Waals surface area contributed by atoms with Gasteiger partial charge in [-0.25, -0.2) is 0 Å². The Morgan fingerprint density at radius 3 is 2.44 bits per heavy atom. The molecule has 5 nitrogen and oxygen atoms in total. The van der Waals surface area contributed by atoms with Crippen molar-refractivity contribution in [1.29, 1.82) is 0 Å². The van der Waals surface area contributed by atoms with E-state index in [4.69, 9.17) is 0 Å². The largest absolute Gasteiger partial charge is 0.325 e. The number of hydrogen-bond donors (Lipinski definition) is 2. The Bertz CT molecular complexity index is 821. The molecule has 0 aliphatic heterocycles. The molecule has 1 atom stereocenters. The summed E-state index contributed by atoms with van der Waals surface area (Å²) in [5.41, 5.74) is 1.27. The summed E-state index contributed by atoms with van der Waals surface area (Å²) >= 11 is 0. The van der Waals surface area contributed by atoms with Crippen LogP contribution in [0.3, 0.4) is 0 Å². The average Bonchev–Trinajstić information content (AvgIpc) is 2.67. The molecule has 5 heteroatoms. The topological polar surface area (TPSA) is 75.3 Å². The normalized spacial score (nSPS) is 14.6. The second kappa shape index (κ2) is 9.24. The third-order valence-corrected chi connectivity index (χ3v) is 4.59. The Balaban J connectivity index is 2.26. The molecule has 0 saturated heterocycles. The van der Waals surface area contributed by atoms with Gasteiger partial charge >= 0.3 is 0 Å². The average molecular weight is 366 g/mol. The minimum atomic E-state index is -0.334. The number of carbonyl (C=O) groups excluding carboxylic acids is 3. The van der Waals surface area contributed by atoms with Crippen LogP contribution in [0.25, 0.3) is 0 Å². The highest BCUT2D eigenvalue weighted by atomic mass is 16.2. The Morgan fingerprint density at radius 1 is 1.15 bits per heavy atom. The fourth-order valence-corrected chi connectivity index (χ4v) is 2.99. The predicted molar refractivity (Wildman–Crippen MR) is 108 cm³/mol. The lowest BCUT2D eigenvalue weighted by atomic mass is 9.83. The summed E-state index contributed by atoms with van der Waals surface area (Å²) in [6.45, 7) is 12.6. The minimum Gasteiger partial charge on any atom is -0.325 e. The van der Waals surface area contributed by atoms with Crippen LogP contribution in [0.2, 0.25) is 0 Å². The lowest BCUT2D eigenvalue weighted by molar-refractivity contribution is -0.119. The third kappa shape index (κ3) is 4.31. The van der Waals surface area contributed by atoms with Crippen LogP contribution in [-0.4, -0.2) is 30.6 Å². The number of amides is 1. The van der Waals surface area contributed by atoms with Crippen molar-refractivity contribution >= 4 is 23.2 Å². The van der Waals surface area contributed by atoms with Crippen molar-refractivity contribution in [3.05, 3.63) is 65.8 Å². The monoisotopic (exact) mass is 366 g/mol. The minimum absolute atomic E-state index is 0.203. The lowest BCUT2D eigenvalue weighted by Crippen LogP contribution is -2.32. The summed E-state index contributed by atoms with van der Waals surface area (Å²) in [6.07, 6.45) is 4.87. The van der Waals surface area contributed by atoms with E-state index in [2.05, 4.69) is 30.7 Å². The number of anilines is 1. The van der Waals surface area contributed by atoms with Gasteiger partial charge in [-0.15, -0.1) is 0 Å².